The Kier molecular flexibility index (Phi) is 9.93. The third-order valence-electron chi connectivity index (χ3n) is 4.03. The Bertz CT molecular complexity index is 1210. The van der Waals surface area contributed by atoms with Gasteiger partial charge in [-0.15, -0.1) is 0 Å². The summed E-state index contributed by atoms with van der Waals surface area (Å²) in [6.45, 7) is 3.48. The molecule has 2 aromatic carbocycles. The van der Waals surface area contributed by atoms with E-state index in [0.717, 1.165) is 0 Å². The van der Waals surface area contributed by atoms with Crippen molar-refractivity contribution >= 4 is 46.3 Å². The molecule has 0 heterocycles. The predicted molar refractivity (Wildman–Crippen MR) is 127 cm³/mol. The number of benzene rings is 2. The van der Waals surface area contributed by atoms with Gasteiger partial charge in [0.1, 0.15) is 12.1 Å². The maximum Gasteiger partial charge on any atom is 0.369 e. The largest absolute Gasteiger partial charge is 0.461 e. The number of nitriles is 2. The molecule has 0 bridgehead atoms. The number of carbonyl (C=O) groups excluding carboxylic acids is 3. The summed E-state index contributed by atoms with van der Waals surface area (Å²) in [7, 11) is 0. The summed E-state index contributed by atoms with van der Waals surface area (Å²) >= 11 is 0. The number of esters is 2. The van der Waals surface area contributed by atoms with Gasteiger partial charge in [-0.25, -0.2) is 9.59 Å². The molecule has 0 radical (unpaired) electrons. The third-order valence-corrected chi connectivity index (χ3v) is 4.03. The zero-order valence-corrected chi connectivity index (χ0v) is 18.9. The van der Waals surface area contributed by atoms with Crippen LogP contribution in [0.2, 0.25) is 0 Å². The van der Waals surface area contributed by atoms with Gasteiger partial charge in [-0.1, -0.05) is 0 Å². The fourth-order valence-electron chi connectivity index (χ4n) is 2.40. The smallest absolute Gasteiger partial charge is 0.369 e. The molecule has 0 fully saturated rings. The van der Waals surface area contributed by atoms with Gasteiger partial charge in [0.15, 0.2) is 0 Å². The van der Waals surface area contributed by atoms with Gasteiger partial charge in [0, 0.05) is 11.3 Å². The molecule has 0 aromatic heterocycles. The first-order valence-corrected chi connectivity index (χ1v) is 10.2. The number of rotatable bonds is 10. The molecule has 2 rings (SSSR count). The minimum atomic E-state index is -0.837. The molecule has 0 spiro atoms. The molecule has 178 valence electrons. The van der Waals surface area contributed by atoms with Crippen LogP contribution in [-0.4, -0.2) is 42.5 Å². The molecule has 0 saturated heterocycles. The lowest BCUT2D eigenvalue weighted by atomic mass is 10.2. The van der Waals surface area contributed by atoms with E-state index in [4.69, 9.17) is 20.0 Å². The summed E-state index contributed by atoms with van der Waals surface area (Å²) in [5, 5.41) is 28.1. The summed E-state index contributed by atoms with van der Waals surface area (Å²) in [4.78, 5) is 35.6. The van der Waals surface area contributed by atoms with Crippen LogP contribution in [0.5, 0.6) is 0 Å². The lowest BCUT2D eigenvalue weighted by Gasteiger charge is -2.08. The van der Waals surface area contributed by atoms with E-state index in [1.807, 2.05) is 0 Å². The van der Waals surface area contributed by atoms with E-state index < -0.39 is 23.4 Å². The summed E-state index contributed by atoms with van der Waals surface area (Å²) in [6, 6.07) is 15.9. The number of amides is 1. The second kappa shape index (κ2) is 13.3. The SMILES string of the molecule is CCOC(=O)/C(C#N)=N/Nc1ccc(NC(=O)c2ccc(N/N=C(\C#N)C(=O)OCC)cc2)cc1. The average molecular weight is 475 g/mol. The highest BCUT2D eigenvalue weighted by atomic mass is 16.5. The number of hydrogen-bond acceptors (Lipinski definition) is 11. The molecule has 0 unspecified atom stereocenters. The average Bonchev–Trinajstić information content (AvgIpc) is 2.86. The van der Waals surface area contributed by atoms with E-state index in [9.17, 15) is 14.4 Å². The van der Waals surface area contributed by atoms with Crippen LogP contribution >= 0.6 is 0 Å². The second-order valence-corrected chi connectivity index (χ2v) is 6.42. The van der Waals surface area contributed by atoms with E-state index >= 15 is 0 Å². The van der Waals surface area contributed by atoms with Crippen LogP contribution in [0.4, 0.5) is 17.1 Å². The Labute approximate surface area is 200 Å². The van der Waals surface area contributed by atoms with Gasteiger partial charge in [0.2, 0.25) is 11.4 Å². The van der Waals surface area contributed by atoms with Crippen molar-refractivity contribution in [1.82, 2.24) is 0 Å². The molecule has 12 heteroatoms. The predicted octanol–water partition coefficient (Wildman–Crippen LogP) is 2.65. The summed E-state index contributed by atoms with van der Waals surface area (Å²) in [5.41, 5.74) is 6.07. The molecule has 3 N–H and O–H groups in total. The lowest BCUT2D eigenvalue weighted by Crippen LogP contribution is -2.17. The van der Waals surface area contributed by atoms with Crippen molar-refractivity contribution in [2.24, 2.45) is 10.2 Å². The van der Waals surface area contributed by atoms with Crippen LogP contribution in [0.25, 0.3) is 0 Å². The van der Waals surface area contributed by atoms with Gasteiger partial charge in [-0.2, -0.15) is 20.7 Å². The Morgan fingerprint density at radius 2 is 1.14 bits per heavy atom. The molecule has 35 heavy (non-hydrogen) atoms. The van der Waals surface area contributed by atoms with E-state index in [1.54, 1.807) is 62.4 Å². The van der Waals surface area contributed by atoms with Crippen LogP contribution < -0.4 is 16.2 Å². The first kappa shape index (κ1) is 26.0. The minimum absolute atomic E-state index is 0.119. The zero-order chi connectivity index (χ0) is 25.6. The lowest BCUT2D eigenvalue weighted by molar-refractivity contribution is -0.135. The Hall–Kier alpha value is -5.23. The molecule has 0 saturated carbocycles. The number of nitrogens with zero attached hydrogens (tertiary/aromatic N) is 4. The fraction of sp³-hybridized carbons (Fsp3) is 0.174. The Morgan fingerprint density at radius 3 is 1.54 bits per heavy atom. The topological polar surface area (TPSA) is 178 Å². The van der Waals surface area contributed by atoms with Crippen molar-refractivity contribution in [1.29, 1.82) is 10.5 Å². The molecular weight excluding hydrogens is 454 g/mol. The van der Waals surface area contributed by atoms with Crippen LogP contribution in [0, 0.1) is 22.7 Å². The zero-order valence-electron chi connectivity index (χ0n) is 18.9. The van der Waals surface area contributed by atoms with Gasteiger partial charge in [0.25, 0.3) is 5.91 Å². The van der Waals surface area contributed by atoms with Crippen molar-refractivity contribution < 1.29 is 23.9 Å². The van der Waals surface area contributed by atoms with Crippen molar-refractivity contribution in [2.75, 3.05) is 29.4 Å². The Morgan fingerprint density at radius 1 is 0.743 bits per heavy atom. The molecule has 0 aliphatic carbocycles. The monoisotopic (exact) mass is 475 g/mol. The highest BCUT2D eigenvalue weighted by molar-refractivity contribution is 6.43. The van der Waals surface area contributed by atoms with E-state index in [-0.39, 0.29) is 19.1 Å². The van der Waals surface area contributed by atoms with Crippen LogP contribution in [0.1, 0.15) is 24.2 Å². The molecule has 0 aliphatic heterocycles. The van der Waals surface area contributed by atoms with Gasteiger partial charge in [-0.05, 0) is 62.4 Å². The summed E-state index contributed by atoms with van der Waals surface area (Å²) in [6.07, 6.45) is 0. The van der Waals surface area contributed by atoms with E-state index in [0.29, 0.717) is 22.6 Å². The molecule has 2 aromatic rings. The number of ether oxygens (including phenoxy) is 2. The van der Waals surface area contributed by atoms with Gasteiger partial charge < -0.3 is 14.8 Å². The summed E-state index contributed by atoms with van der Waals surface area (Å²) in [5.74, 6) is -2.04. The number of anilines is 3. The van der Waals surface area contributed by atoms with Crippen molar-refractivity contribution in [2.45, 2.75) is 13.8 Å². The van der Waals surface area contributed by atoms with Gasteiger partial charge in [0.05, 0.1) is 24.6 Å². The van der Waals surface area contributed by atoms with E-state index in [2.05, 4.69) is 26.4 Å². The highest BCUT2D eigenvalue weighted by Crippen LogP contribution is 2.16. The van der Waals surface area contributed by atoms with Crippen LogP contribution in [0.3, 0.4) is 0 Å². The first-order chi connectivity index (χ1) is 16.9. The Balaban J connectivity index is 1.97. The normalized spacial score (nSPS) is 10.9. The number of hydrazone groups is 2. The third kappa shape index (κ3) is 8.00. The van der Waals surface area contributed by atoms with E-state index in [1.165, 1.54) is 12.1 Å². The maximum absolute atomic E-state index is 12.5. The standard InChI is InChI=1S/C23H21N7O5/c1-3-34-22(32)19(13-24)29-27-17-7-5-15(6-8-17)21(31)26-16-9-11-18(12-10-16)28-30-20(14-25)23(33)35-4-2/h5-12,27-28H,3-4H2,1-2H3,(H,26,31)/b29-19+,30-20+. The van der Waals surface area contributed by atoms with Crippen molar-refractivity contribution in [3.05, 3.63) is 54.1 Å². The van der Waals surface area contributed by atoms with Gasteiger partial charge >= 0.3 is 11.9 Å². The maximum atomic E-state index is 12.5. The molecule has 0 aliphatic rings. The number of nitrogens with one attached hydrogen (secondary N) is 3. The number of hydrogen-bond donors (Lipinski definition) is 3. The minimum Gasteiger partial charge on any atom is -0.461 e. The fourth-order valence-corrected chi connectivity index (χ4v) is 2.40. The number of carbonyl (C=O) groups is 3. The van der Waals surface area contributed by atoms with Crippen LogP contribution in [-0.2, 0) is 19.1 Å². The highest BCUT2D eigenvalue weighted by Gasteiger charge is 2.13. The molecule has 12 nitrogen and oxygen atoms in total. The van der Waals surface area contributed by atoms with Gasteiger partial charge in [-0.3, -0.25) is 15.6 Å². The quantitative estimate of drug-likeness (QED) is 0.265. The van der Waals surface area contributed by atoms with Crippen molar-refractivity contribution in [3.63, 3.8) is 0 Å². The van der Waals surface area contributed by atoms with Crippen molar-refractivity contribution in [3.8, 4) is 12.1 Å². The summed E-state index contributed by atoms with van der Waals surface area (Å²) < 4.78 is 9.44. The molecular formula is C23H21N7O5. The second-order valence-electron chi connectivity index (χ2n) is 6.42. The van der Waals surface area contributed by atoms with Crippen LogP contribution in [0.15, 0.2) is 58.7 Å². The molecule has 1 amide bonds. The first-order valence-electron chi connectivity index (χ1n) is 10.2. The molecule has 0 atom stereocenters.